The summed E-state index contributed by atoms with van der Waals surface area (Å²) >= 11 is 0. The summed E-state index contributed by atoms with van der Waals surface area (Å²) in [5.41, 5.74) is 1.92. The minimum Gasteiger partial charge on any atom is -0.382 e. The molecular weight excluding hydrogens is 278 g/mol. The van der Waals surface area contributed by atoms with Gasteiger partial charge in [0, 0.05) is 38.3 Å². The van der Waals surface area contributed by atoms with Crippen molar-refractivity contribution in [1.82, 2.24) is 4.57 Å². The number of benzene rings is 1. The van der Waals surface area contributed by atoms with Crippen molar-refractivity contribution in [2.75, 3.05) is 23.3 Å². The second-order valence-electron chi connectivity index (χ2n) is 5.33. The highest BCUT2D eigenvalue weighted by Crippen LogP contribution is 2.28. The van der Waals surface area contributed by atoms with Crippen LogP contribution >= 0.6 is 0 Å². The highest BCUT2D eigenvalue weighted by Gasteiger charge is 2.21. The number of aryl methyl sites for hydroxylation is 1. The van der Waals surface area contributed by atoms with Crippen LogP contribution in [-0.4, -0.2) is 23.6 Å². The van der Waals surface area contributed by atoms with Crippen molar-refractivity contribution in [2.24, 2.45) is 0 Å². The van der Waals surface area contributed by atoms with E-state index in [-0.39, 0.29) is 11.5 Å². The molecule has 0 bridgehead atoms. The Balaban J connectivity index is 1.62. The van der Waals surface area contributed by atoms with Crippen molar-refractivity contribution in [3.8, 4) is 0 Å². The predicted molar refractivity (Wildman–Crippen MR) is 87.2 cm³/mol. The molecule has 0 unspecified atom stereocenters. The number of amides is 1. The van der Waals surface area contributed by atoms with Crippen molar-refractivity contribution < 1.29 is 4.79 Å². The Labute approximate surface area is 129 Å². The fourth-order valence-corrected chi connectivity index (χ4v) is 2.72. The zero-order chi connectivity index (χ0) is 15.4. The second kappa shape index (κ2) is 6.47. The Kier molecular flexibility index (Phi) is 4.23. The molecule has 22 heavy (non-hydrogen) atoms. The first-order chi connectivity index (χ1) is 10.8. The van der Waals surface area contributed by atoms with Crippen molar-refractivity contribution in [3.63, 3.8) is 0 Å². The molecular formula is C17H19N3O2. The average Bonchev–Trinajstić information content (AvgIpc) is 2.56. The van der Waals surface area contributed by atoms with Gasteiger partial charge in [0.1, 0.15) is 0 Å². The van der Waals surface area contributed by atoms with Crippen LogP contribution in [0.25, 0.3) is 0 Å². The van der Waals surface area contributed by atoms with Crippen LogP contribution in [-0.2, 0) is 11.3 Å². The van der Waals surface area contributed by atoms with Gasteiger partial charge in [0.25, 0.3) is 0 Å². The molecule has 5 nitrogen and oxygen atoms in total. The maximum Gasteiger partial charge on any atom is 0.250 e. The topological polar surface area (TPSA) is 54.3 Å². The minimum absolute atomic E-state index is 0.0255. The fourth-order valence-electron chi connectivity index (χ4n) is 2.72. The summed E-state index contributed by atoms with van der Waals surface area (Å²) in [6.07, 6.45) is 2.86. The summed E-state index contributed by atoms with van der Waals surface area (Å²) in [7, 11) is 0. The number of para-hydroxylation sites is 2. The van der Waals surface area contributed by atoms with Gasteiger partial charge in [0.05, 0.1) is 11.4 Å². The number of fused-ring (bicyclic) bond motifs is 1. The zero-order valence-corrected chi connectivity index (χ0v) is 12.4. The van der Waals surface area contributed by atoms with Crippen LogP contribution in [0.5, 0.6) is 0 Å². The van der Waals surface area contributed by atoms with E-state index in [4.69, 9.17) is 0 Å². The number of rotatable bonds is 4. The Morgan fingerprint density at radius 3 is 2.82 bits per heavy atom. The smallest absolute Gasteiger partial charge is 0.250 e. The van der Waals surface area contributed by atoms with Crippen LogP contribution in [0.3, 0.4) is 0 Å². The zero-order valence-electron chi connectivity index (χ0n) is 12.4. The van der Waals surface area contributed by atoms with Crippen molar-refractivity contribution >= 4 is 17.3 Å². The third kappa shape index (κ3) is 3.03. The molecule has 0 spiro atoms. The molecule has 0 saturated heterocycles. The van der Waals surface area contributed by atoms with E-state index in [1.54, 1.807) is 16.8 Å². The molecule has 1 aromatic heterocycles. The molecule has 0 atom stereocenters. The third-order valence-electron chi connectivity index (χ3n) is 3.84. The number of nitrogens with zero attached hydrogens (tertiary/aromatic N) is 2. The van der Waals surface area contributed by atoms with E-state index in [1.165, 1.54) is 6.07 Å². The Morgan fingerprint density at radius 1 is 1.14 bits per heavy atom. The van der Waals surface area contributed by atoms with Gasteiger partial charge in [-0.3, -0.25) is 9.59 Å². The van der Waals surface area contributed by atoms with Gasteiger partial charge >= 0.3 is 0 Å². The molecule has 1 N–H and O–H groups in total. The van der Waals surface area contributed by atoms with Gasteiger partial charge in [-0.25, -0.2) is 0 Å². The number of anilines is 2. The average molecular weight is 297 g/mol. The number of hydrogen-bond donors (Lipinski definition) is 1. The number of pyridine rings is 1. The lowest BCUT2D eigenvalue weighted by Crippen LogP contribution is -2.38. The lowest BCUT2D eigenvalue weighted by molar-refractivity contribution is -0.118. The quantitative estimate of drug-likeness (QED) is 0.940. The van der Waals surface area contributed by atoms with E-state index in [9.17, 15) is 9.59 Å². The molecule has 0 aliphatic carbocycles. The van der Waals surface area contributed by atoms with Gasteiger partial charge in [-0.15, -0.1) is 0 Å². The summed E-state index contributed by atoms with van der Waals surface area (Å²) in [5.74, 6) is 0.109. The lowest BCUT2D eigenvalue weighted by Gasteiger charge is -2.30. The maximum absolute atomic E-state index is 12.4. The minimum atomic E-state index is -0.0255. The van der Waals surface area contributed by atoms with E-state index in [2.05, 4.69) is 5.32 Å². The van der Waals surface area contributed by atoms with Crippen molar-refractivity contribution in [1.29, 1.82) is 0 Å². The second-order valence-corrected chi connectivity index (χ2v) is 5.33. The molecule has 1 aliphatic heterocycles. The van der Waals surface area contributed by atoms with Gasteiger partial charge in [-0.05, 0) is 24.6 Å². The number of carbonyl (C=O) groups excluding carboxylic acids is 1. The monoisotopic (exact) mass is 297 g/mol. The third-order valence-corrected chi connectivity index (χ3v) is 3.84. The molecule has 1 aromatic carbocycles. The number of hydrogen-bond acceptors (Lipinski definition) is 3. The molecule has 2 aromatic rings. The van der Waals surface area contributed by atoms with E-state index in [0.717, 1.165) is 17.9 Å². The Morgan fingerprint density at radius 2 is 1.95 bits per heavy atom. The molecule has 3 rings (SSSR count). The molecule has 1 aliphatic rings. The molecule has 5 heteroatoms. The van der Waals surface area contributed by atoms with E-state index in [0.29, 0.717) is 25.9 Å². The molecule has 0 saturated carbocycles. The largest absolute Gasteiger partial charge is 0.382 e. The predicted octanol–water partition coefficient (Wildman–Crippen LogP) is 2.09. The summed E-state index contributed by atoms with van der Waals surface area (Å²) in [5, 5.41) is 3.30. The molecule has 114 valence electrons. The number of nitrogens with one attached hydrogen (secondary N) is 1. The van der Waals surface area contributed by atoms with Crippen LogP contribution in [0, 0.1) is 0 Å². The number of carbonyl (C=O) groups is 1. The highest BCUT2D eigenvalue weighted by atomic mass is 16.2. The first-order valence-electron chi connectivity index (χ1n) is 7.54. The van der Waals surface area contributed by atoms with Gasteiger partial charge in [-0.1, -0.05) is 18.2 Å². The molecule has 2 heterocycles. The van der Waals surface area contributed by atoms with Crippen LogP contribution in [0.15, 0.2) is 53.5 Å². The summed E-state index contributed by atoms with van der Waals surface area (Å²) < 4.78 is 1.64. The highest BCUT2D eigenvalue weighted by molar-refractivity contribution is 5.97. The number of aromatic nitrogens is 1. The van der Waals surface area contributed by atoms with Crippen molar-refractivity contribution in [3.05, 3.63) is 59.0 Å². The first-order valence-corrected chi connectivity index (χ1v) is 7.54. The molecule has 1 amide bonds. The standard InChI is InChI=1S/C17H19N3O2/c21-16-8-3-4-11-19(16)12-5-9-17(22)20-13-10-18-14-6-1-2-7-15(14)20/h1-4,6-8,11,18H,5,9-10,12-13H2. The SMILES string of the molecule is O=C(CCCn1ccccc1=O)N1CCNc2ccccc21. The normalized spacial score (nSPS) is 13.4. The van der Waals surface area contributed by atoms with Gasteiger partial charge in [0.2, 0.25) is 11.5 Å². The summed E-state index contributed by atoms with van der Waals surface area (Å²) in [6, 6.07) is 12.9. The van der Waals surface area contributed by atoms with E-state index in [1.807, 2.05) is 35.2 Å². The first kappa shape index (κ1) is 14.4. The fraction of sp³-hybridized carbons (Fsp3) is 0.294. The summed E-state index contributed by atoms with van der Waals surface area (Å²) in [4.78, 5) is 25.9. The van der Waals surface area contributed by atoms with Gasteiger partial charge in [0.15, 0.2) is 0 Å². The van der Waals surface area contributed by atoms with E-state index >= 15 is 0 Å². The van der Waals surface area contributed by atoms with Crippen LogP contribution in [0.4, 0.5) is 11.4 Å². The molecule has 0 radical (unpaired) electrons. The molecule has 0 fully saturated rings. The van der Waals surface area contributed by atoms with Crippen LogP contribution < -0.4 is 15.8 Å². The van der Waals surface area contributed by atoms with Gasteiger partial charge in [-0.2, -0.15) is 0 Å². The Hall–Kier alpha value is -2.56. The van der Waals surface area contributed by atoms with Gasteiger partial charge < -0.3 is 14.8 Å². The maximum atomic E-state index is 12.4. The van der Waals surface area contributed by atoms with Crippen LogP contribution in [0.2, 0.25) is 0 Å². The summed E-state index contributed by atoms with van der Waals surface area (Å²) in [6.45, 7) is 2.02. The van der Waals surface area contributed by atoms with E-state index < -0.39 is 0 Å². The van der Waals surface area contributed by atoms with Crippen LogP contribution in [0.1, 0.15) is 12.8 Å². The van der Waals surface area contributed by atoms with Crippen molar-refractivity contribution in [2.45, 2.75) is 19.4 Å². The Bertz CT molecular complexity index is 724. The lowest BCUT2D eigenvalue weighted by atomic mass is 10.1.